The summed E-state index contributed by atoms with van der Waals surface area (Å²) in [6, 6.07) is 0.480. The Morgan fingerprint density at radius 2 is 2.00 bits per heavy atom. The highest BCUT2D eigenvalue weighted by Crippen LogP contribution is 2.42. The van der Waals surface area contributed by atoms with Crippen LogP contribution in [0, 0.1) is 17.8 Å². The van der Waals surface area contributed by atoms with Gasteiger partial charge in [-0.25, -0.2) is 0 Å². The third-order valence-electron chi connectivity index (χ3n) is 5.60. The van der Waals surface area contributed by atoms with Gasteiger partial charge in [0.1, 0.15) is 0 Å². The highest BCUT2D eigenvalue weighted by atomic mass is 16.1. The predicted octanol–water partition coefficient (Wildman–Crippen LogP) is 2.46. The SMILES string of the molecule is O=C(CCC1CCNC1)NC1CCC2CCCC2C1. The van der Waals surface area contributed by atoms with E-state index < -0.39 is 0 Å². The van der Waals surface area contributed by atoms with Crippen molar-refractivity contribution in [3.63, 3.8) is 0 Å². The van der Waals surface area contributed by atoms with E-state index in [1.165, 1.54) is 44.9 Å². The van der Waals surface area contributed by atoms with Gasteiger partial charge in [-0.2, -0.15) is 0 Å². The second-order valence-corrected chi connectivity index (χ2v) is 6.93. The molecule has 2 saturated carbocycles. The van der Waals surface area contributed by atoms with Crippen molar-refractivity contribution in [2.45, 2.75) is 63.8 Å². The first-order chi connectivity index (χ1) is 9.31. The molecular weight excluding hydrogens is 236 g/mol. The highest BCUT2D eigenvalue weighted by Gasteiger charge is 2.34. The fourth-order valence-electron chi connectivity index (χ4n) is 4.43. The maximum Gasteiger partial charge on any atom is 0.220 e. The van der Waals surface area contributed by atoms with Crippen LogP contribution < -0.4 is 10.6 Å². The smallest absolute Gasteiger partial charge is 0.220 e. The van der Waals surface area contributed by atoms with Crippen molar-refractivity contribution in [3.05, 3.63) is 0 Å². The van der Waals surface area contributed by atoms with E-state index >= 15 is 0 Å². The van der Waals surface area contributed by atoms with Gasteiger partial charge in [0.05, 0.1) is 0 Å². The lowest BCUT2D eigenvalue weighted by Crippen LogP contribution is -2.39. The molecule has 3 nitrogen and oxygen atoms in total. The number of amides is 1. The van der Waals surface area contributed by atoms with Gasteiger partial charge in [-0.05, 0) is 62.9 Å². The first-order valence-electron chi connectivity index (χ1n) is 8.31. The van der Waals surface area contributed by atoms with Crippen LogP contribution in [0.1, 0.15) is 57.8 Å². The molecular formula is C16H28N2O. The van der Waals surface area contributed by atoms with Crippen LogP contribution in [-0.4, -0.2) is 25.0 Å². The topological polar surface area (TPSA) is 41.1 Å². The lowest BCUT2D eigenvalue weighted by Gasteiger charge is -2.32. The maximum absolute atomic E-state index is 12.0. The van der Waals surface area contributed by atoms with Crippen LogP contribution in [0.2, 0.25) is 0 Å². The zero-order valence-electron chi connectivity index (χ0n) is 12.0. The van der Waals surface area contributed by atoms with E-state index in [2.05, 4.69) is 10.6 Å². The first kappa shape index (κ1) is 13.4. The van der Waals surface area contributed by atoms with Crippen molar-refractivity contribution in [1.29, 1.82) is 0 Å². The minimum Gasteiger partial charge on any atom is -0.353 e. The van der Waals surface area contributed by atoms with Crippen molar-refractivity contribution in [1.82, 2.24) is 10.6 Å². The van der Waals surface area contributed by atoms with Crippen LogP contribution >= 0.6 is 0 Å². The monoisotopic (exact) mass is 264 g/mol. The fraction of sp³-hybridized carbons (Fsp3) is 0.938. The van der Waals surface area contributed by atoms with E-state index in [0.29, 0.717) is 11.9 Å². The third kappa shape index (κ3) is 3.50. The van der Waals surface area contributed by atoms with Crippen LogP contribution in [0.25, 0.3) is 0 Å². The minimum absolute atomic E-state index is 0.299. The van der Waals surface area contributed by atoms with Crippen LogP contribution in [0.4, 0.5) is 0 Å². The highest BCUT2D eigenvalue weighted by molar-refractivity contribution is 5.76. The maximum atomic E-state index is 12.0. The molecule has 0 aromatic heterocycles. The molecule has 19 heavy (non-hydrogen) atoms. The van der Waals surface area contributed by atoms with Crippen LogP contribution in [0.3, 0.4) is 0 Å². The van der Waals surface area contributed by atoms with Gasteiger partial charge < -0.3 is 10.6 Å². The molecule has 4 atom stereocenters. The van der Waals surface area contributed by atoms with Gasteiger partial charge in [-0.1, -0.05) is 19.3 Å². The zero-order chi connectivity index (χ0) is 13.1. The van der Waals surface area contributed by atoms with E-state index in [4.69, 9.17) is 0 Å². The summed E-state index contributed by atoms with van der Waals surface area (Å²) in [4.78, 5) is 12.0. The summed E-state index contributed by atoms with van der Waals surface area (Å²) in [5.41, 5.74) is 0. The fourth-order valence-corrected chi connectivity index (χ4v) is 4.43. The molecule has 3 fully saturated rings. The Morgan fingerprint density at radius 1 is 1.11 bits per heavy atom. The number of rotatable bonds is 4. The molecule has 3 aliphatic rings. The Kier molecular flexibility index (Phi) is 4.42. The summed E-state index contributed by atoms with van der Waals surface area (Å²) in [6.45, 7) is 2.25. The lowest BCUT2D eigenvalue weighted by molar-refractivity contribution is -0.122. The molecule has 1 amide bonds. The normalized spacial score (nSPS) is 38.1. The average Bonchev–Trinajstić information content (AvgIpc) is 3.07. The Morgan fingerprint density at radius 3 is 2.84 bits per heavy atom. The molecule has 0 aromatic carbocycles. The molecule has 0 spiro atoms. The lowest BCUT2D eigenvalue weighted by atomic mass is 9.79. The molecule has 1 saturated heterocycles. The van der Waals surface area contributed by atoms with E-state index in [-0.39, 0.29) is 0 Å². The summed E-state index contributed by atoms with van der Waals surface area (Å²) in [6.07, 6.45) is 11.1. The molecule has 0 radical (unpaired) electrons. The first-order valence-corrected chi connectivity index (χ1v) is 8.31. The summed E-state index contributed by atoms with van der Waals surface area (Å²) >= 11 is 0. The Labute approximate surface area is 116 Å². The largest absolute Gasteiger partial charge is 0.353 e. The van der Waals surface area contributed by atoms with Gasteiger partial charge >= 0.3 is 0 Å². The number of carbonyl (C=O) groups is 1. The molecule has 1 aliphatic heterocycles. The summed E-state index contributed by atoms with van der Waals surface area (Å²) < 4.78 is 0. The van der Waals surface area contributed by atoms with Crippen molar-refractivity contribution < 1.29 is 4.79 Å². The third-order valence-corrected chi connectivity index (χ3v) is 5.60. The predicted molar refractivity (Wildman–Crippen MR) is 76.8 cm³/mol. The molecule has 1 heterocycles. The number of nitrogens with one attached hydrogen (secondary N) is 2. The van der Waals surface area contributed by atoms with Crippen molar-refractivity contribution in [2.24, 2.45) is 17.8 Å². The van der Waals surface area contributed by atoms with E-state index in [9.17, 15) is 4.79 Å². The van der Waals surface area contributed by atoms with E-state index in [1.54, 1.807) is 0 Å². The molecule has 108 valence electrons. The number of hydrogen-bond acceptors (Lipinski definition) is 2. The second kappa shape index (κ2) is 6.25. The van der Waals surface area contributed by atoms with Gasteiger partial charge in [0.15, 0.2) is 0 Å². The second-order valence-electron chi connectivity index (χ2n) is 6.93. The van der Waals surface area contributed by atoms with Crippen molar-refractivity contribution in [3.8, 4) is 0 Å². The van der Waals surface area contributed by atoms with Crippen molar-refractivity contribution in [2.75, 3.05) is 13.1 Å². The number of fused-ring (bicyclic) bond motifs is 1. The quantitative estimate of drug-likeness (QED) is 0.819. The molecule has 3 rings (SSSR count). The van der Waals surface area contributed by atoms with Crippen LogP contribution in [0.5, 0.6) is 0 Å². The number of hydrogen-bond donors (Lipinski definition) is 2. The summed E-state index contributed by atoms with van der Waals surface area (Å²) in [5, 5.41) is 6.67. The Balaban J connectivity index is 1.37. The molecule has 0 aromatic rings. The van der Waals surface area contributed by atoms with Gasteiger partial charge in [-0.3, -0.25) is 4.79 Å². The molecule has 2 N–H and O–H groups in total. The molecule has 0 bridgehead atoms. The average molecular weight is 264 g/mol. The van der Waals surface area contributed by atoms with Crippen LogP contribution in [-0.2, 0) is 4.79 Å². The Bertz CT molecular complexity index is 312. The van der Waals surface area contributed by atoms with Gasteiger partial charge in [0.2, 0.25) is 5.91 Å². The molecule has 4 unspecified atom stereocenters. The number of carbonyl (C=O) groups excluding carboxylic acids is 1. The zero-order valence-corrected chi connectivity index (χ0v) is 12.0. The standard InChI is InChI=1S/C16H28N2O/c19-16(7-4-12-8-9-17-11-12)18-15-6-5-13-2-1-3-14(13)10-15/h12-15,17H,1-11H2,(H,18,19). The van der Waals surface area contributed by atoms with Gasteiger partial charge in [-0.15, -0.1) is 0 Å². The summed E-state index contributed by atoms with van der Waals surface area (Å²) in [7, 11) is 0. The minimum atomic E-state index is 0.299. The Hall–Kier alpha value is -0.570. The van der Waals surface area contributed by atoms with E-state index in [0.717, 1.165) is 43.7 Å². The summed E-state index contributed by atoms with van der Waals surface area (Å²) in [5.74, 6) is 2.93. The van der Waals surface area contributed by atoms with Gasteiger partial charge in [0, 0.05) is 12.5 Å². The van der Waals surface area contributed by atoms with Crippen molar-refractivity contribution >= 4 is 5.91 Å². The molecule has 2 aliphatic carbocycles. The molecule has 3 heteroatoms. The van der Waals surface area contributed by atoms with Crippen LogP contribution in [0.15, 0.2) is 0 Å². The van der Waals surface area contributed by atoms with E-state index in [1.807, 2.05) is 0 Å². The van der Waals surface area contributed by atoms with Gasteiger partial charge in [0.25, 0.3) is 0 Å².